The van der Waals surface area contributed by atoms with E-state index in [9.17, 15) is 9.59 Å². The molecule has 0 saturated carbocycles. The molecule has 98 valence electrons. The van der Waals surface area contributed by atoms with Crippen LogP contribution in [0.3, 0.4) is 0 Å². The van der Waals surface area contributed by atoms with E-state index in [2.05, 4.69) is 10.2 Å². The minimum Gasteiger partial charge on any atom is -0.466 e. The van der Waals surface area contributed by atoms with E-state index in [1.807, 2.05) is 4.57 Å². The number of hydrogen-bond acceptors (Lipinski definition) is 5. The van der Waals surface area contributed by atoms with Gasteiger partial charge in [0.25, 0.3) is 0 Å². The van der Waals surface area contributed by atoms with Crippen LogP contribution in [0.4, 0.5) is 0 Å². The fraction of sp³-hybridized carbons (Fsp3) is 0.636. The van der Waals surface area contributed by atoms with Crippen molar-refractivity contribution in [2.75, 3.05) is 13.2 Å². The van der Waals surface area contributed by atoms with Crippen LogP contribution >= 0.6 is 0 Å². The molecule has 0 spiro atoms. The standard InChI is InChI=1S/C11H16N4O3/c1-2-18-11(17)4-3-10(16)14-5-6-15-8-12-13-9(15)7-14/h8H,2-7H2,1H3. The molecule has 1 aromatic rings. The van der Waals surface area contributed by atoms with Gasteiger partial charge in [-0.3, -0.25) is 9.59 Å². The lowest BCUT2D eigenvalue weighted by molar-refractivity contribution is -0.146. The zero-order chi connectivity index (χ0) is 13.0. The first-order chi connectivity index (χ1) is 8.70. The van der Waals surface area contributed by atoms with E-state index in [-0.39, 0.29) is 24.7 Å². The van der Waals surface area contributed by atoms with E-state index >= 15 is 0 Å². The van der Waals surface area contributed by atoms with E-state index in [1.54, 1.807) is 18.2 Å². The number of nitrogens with zero attached hydrogens (tertiary/aromatic N) is 4. The van der Waals surface area contributed by atoms with Crippen molar-refractivity contribution in [3.05, 3.63) is 12.2 Å². The molecule has 7 nitrogen and oxygen atoms in total. The summed E-state index contributed by atoms with van der Waals surface area (Å²) in [5.41, 5.74) is 0. The highest BCUT2D eigenvalue weighted by Gasteiger charge is 2.22. The highest BCUT2D eigenvalue weighted by Crippen LogP contribution is 2.11. The van der Waals surface area contributed by atoms with E-state index in [0.717, 1.165) is 5.82 Å². The molecule has 1 amide bonds. The van der Waals surface area contributed by atoms with Gasteiger partial charge in [0.1, 0.15) is 6.33 Å². The van der Waals surface area contributed by atoms with Crippen LogP contribution < -0.4 is 0 Å². The van der Waals surface area contributed by atoms with Gasteiger partial charge in [0.2, 0.25) is 5.91 Å². The van der Waals surface area contributed by atoms with Crippen molar-refractivity contribution in [1.82, 2.24) is 19.7 Å². The van der Waals surface area contributed by atoms with Crippen molar-refractivity contribution in [3.63, 3.8) is 0 Å². The molecule has 7 heteroatoms. The summed E-state index contributed by atoms with van der Waals surface area (Å²) in [7, 11) is 0. The number of carbonyl (C=O) groups is 2. The van der Waals surface area contributed by atoms with Crippen LogP contribution in [0.1, 0.15) is 25.6 Å². The molecule has 0 unspecified atom stereocenters. The van der Waals surface area contributed by atoms with E-state index < -0.39 is 0 Å². The molecule has 1 aliphatic heterocycles. The molecule has 0 N–H and O–H groups in total. The van der Waals surface area contributed by atoms with Crippen LogP contribution in [-0.4, -0.2) is 44.7 Å². The highest BCUT2D eigenvalue weighted by molar-refractivity contribution is 5.81. The monoisotopic (exact) mass is 252 g/mol. The van der Waals surface area contributed by atoms with Gasteiger partial charge in [-0.15, -0.1) is 10.2 Å². The van der Waals surface area contributed by atoms with E-state index in [1.165, 1.54) is 0 Å². The van der Waals surface area contributed by atoms with E-state index in [4.69, 9.17) is 4.74 Å². The predicted octanol–water partition coefficient (Wildman–Crippen LogP) is -0.0364. The lowest BCUT2D eigenvalue weighted by Gasteiger charge is -2.26. The molecule has 2 heterocycles. The van der Waals surface area contributed by atoms with Gasteiger partial charge in [-0.05, 0) is 6.92 Å². The number of aromatic nitrogens is 3. The second-order valence-corrected chi connectivity index (χ2v) is 4.06. The summed E-state index contributed by atoms with van der Waals surface area (Å²) < 4.78 is 6.71. The maximum atomic E-state index is 11.9. The lowest BCUT2D eigenvalue weighted by atomic mass is 10.2. The number of hydrogen-bond donors (Lipinski definition) is 0. The van der Waals surface area contributed by atoms with Crippen LogP contribution in [0.2, 0.25) is 0 Å². The smallest absolute Gasteiger partial charge is 0.306 e. The summed E-state index contributed by atoms with van der Waals surface area (Å²) >= 11 is 0. The minimum atomic E-state index is -0.328. The Morgan fingerprint density at radius 3 is 3.00 bits per heavy atom. The topological polar surface area (TPSA) is 77.3 Å². The molecule has 0 radical (unpaired) electrons. The third-order valence-electron chi connectivity index (χ3n) is 2.84. The Bertz CT molecular complexity index is 443. The van der Waals surface area contributed by atoms with Gasteiger partial charge in [0.15, 0.2) is 5.82 Å². The Kier molecular flexibility index (Phi) is 3.91. The largest absolute Gasteiger partial charge is 0.466 e. The molecular formula is C11H16N4O3. The number of rotatable bonds is 4. The second-order valence-electron chi connectivity index (χ2n) is 4.06. The quantitative estimate of drug-likeness (QED) is 0.703. The molecule has 1 aromatic heterocycles. The summed E-state index contributed by atoms with van der Waals surface area (Å²) in [6.07, 6.45) is 1.98. The van der Waals surface area contributed by atoms with Gasteiger partial charge in [-0.2, -0.15) is 0 Å². The fourth-order valence-corrected chi connectivity index (χ4v) is 1.88. The average molecular weight is 252 g/mol. The van der Waals surface area contributed by atoms with Gasteiger partial charge in [0.05, 0.1) is 19.6 Å². The molecule has 0 aliphatic carbocycles. The Balaban J connectivity index is 1.82. The summed E-state index contributed by atoms with van der Waals surface area (Å²) in [5, 5.41) is 7.74. The molecule has 0 atom stereocenters. The van der Waals surface area contributed by atoms with Crippen LogP contribution in [0.15, 0.2) is 6.33 Å². The number of esters is 1. The first-order valence-electron chi connectivity index (χ1n) is 6.00. The van der Waals surface area contributed by atoms with Gasteiger partial charge in [0, 0.05) is 19.5 Å². The van der Waals surface area contributed by atoms with Gasteiger partial charge < -0.3 is 14.2 Å². The average Bonchev–Trinajstić information content (AvgIpc) is 2.83. The van der Waals surface area contributed by atoms with Gasteiger partial charge in [-0.1, -0.05) is 0 Å². The van der Waals surface area contributed by atoms with Gasteiger partial charge in [-0.25, -0.2) is 0 Å². The summed E-state index contributed by atoms with van der Waals surface area (Å²) in [6, 6.07) is 0. The van der Waals surface area contributed by atoms with Crippen LogP contribution in [0.25, 0.3) is 0 Å². The Labute approximate surface area is 105 Å². The van der Waals surface area contributed by atoms with Crippen molar-refractivity contribution >= 4 is 11.9 Å². The van der Waals surface area contributed by atoms with Crippen molar-refractivity contribution in [3.8, 4) is 0 Å². The zero-order valence-electron chi connectivity index (χ0n) is 10.3. The summed E-state index contributed by atoms with van der Waals surface area (Å²) in [6.45, 7) is 3.89. The zero-order valence-corrected chi connectivity index (χ0v) is 10.3. The summed E-state index contributed by atoms with van der Waals surface area (Å²) in [4.78, 5) is 24.8. The molecule has 0 aromatic carbocycles. The molecule has 0 saturated heterocycles. The number of amides is 1. The first kappa shape index (κ1) is 12.5. The minimum absolute atomic E-state index is 0.0442. The van der Waals surface area contributed by atoms with Crippen LogP contribution in [0.5, 0.6) is 0 Å². The van der Waals surface area contributed by atoms with E-state index in [0.29, 0.717) is 26.2 Å². The maximum absolute atomic E-state index is 11.9. The molecule has 18 heavy (non-hydrogen) atoms. The highest BCUT2D eigenvalue weighted by atomic mass is 16.5. The van der Waals surface area contributed by atoms with Crippen LogP contribution in [-0.2, 0) is 27.4 Å². The van der Waals surface area contributed by atoms with Crippen molar-refractivity contribution in [2.24, 2.45) is 0 Å². The molecule has 0 fully saturated rings. The van der Waals surface area contributed by atoms with Crippen molar-refractivity contribution < 1.29 is 14.3 Å². The number of ether oxygens (including phenoxy) is 1. The van der Waals surface area contributed by atoms with Crippen LogP contribution in [0, 0.1) is 0 Å². The third-order valence-corrected chi connectivity index (χ3v) is 2.84. The summed E-state index contributed by atoms with van der Waals surface area (Å²) in [5.74, 6) is 0.411. The second kappa shape index (κ2) is 5.61. The molecule has 1 aliphatic rings. The Morgan fingerprint density at radius 2 is 2.22 bits per heavy atom. The third kappa shape index (κ3) is 2.85. The number of fused-ring (bicyclic) bond motifs is 1. The van der Waals surface area contributed by atoms with Crippen molar-refractivity contribution in [1.29, 1.82) is 0 Å². The predicted molar refractivity (Wildman–Crippen MR) is 61.3 cm³/mol. The Hall–Kier alpha value is -1.92. The molecule has 0 bridgehead atoms. The molecule has 2 rings (SSSR count). The normalized spacial score (nSPS) is 14.2. The fourth-order valence-electron chi connectivity index (χ4n) is 1.88. The SMILES string of the molecule is CCOC(=O)CCC(=O)N1CCn2cnnc2C1. The lowest BCUT2D eigenvalue weighted by Crippen LogP contribution is -2.38. The molecular weight excluding hydrogens is 236 g/mol. The van der Waals surface area contributed by atoms with Gasteiger partial charge >= 0.3 is 5.97 Å². The number of carbonyl (C=O) groups excluding carboxylic acids is 2. The first-order valence-corrected chi connectivity index (χ1v) is 6.00. The van der Waals surface area contributed by atoms with Crippen molar-refractivity contribution in [2.45, 2.75) is 32.9 Å². The maximum Gasteiger partial charge on any atom is 0.306 e. The Morgan fingerprint density at radius 1 is 1.39 bits per heavy atom.